The van der Waals surface area contributed by atoms with E-state index in [-0.39, 0.29) is 11.9 Å². The molecule has 28 heavy (non-hydrogen) atoms. The molecule has 1 N–H and O–H groups in total. The maximum absolute atomic E-state index is 12.7. The third kappa shape index (κ3) is 4.35. The molecule has 0 bridgehead atoms. The molecule has 5 nitrogen and oxygen atoms in total. The molecule has 1 aromatic carbocycles. The molecule has 1 aliphatic rings. The summed E-state index contributed by atoms with van der Waals surface area (Å²) in [5, 5.41) is 15.1. The second-order valence-electron chi connectivity index (χ2n) is 6.46. The van der Waals surface area contributed by atoms with E-state index in [1.54, 1.807) is 11.3 Å². The van der Waals surface area contributed by atoms with Crippen LogP contribution in [0.3, 0.4) is 0 Å². The van der Waals surface area contributed by atoms with Gasteiger partial charge in [-0.05, 0) is 48.9 Å². The van der Waals surface area contributed by atoms with Gasteiger partial charge in [-0.3, -0.25) is 4.79 Å². The van der Waals surface area contributed by atoms with Gasteiger partial charge in [-0.1, -0.05) is 46.8 Å². The highest BCUT2D eigenvalue weighted by Crippen LogP contribution is 2.36. The van der Waals surface area contributed by atoms with Crippen molar-refractivity contribution >= 4 is 62.8 Å². The first-order chi connectivity index (χ1) is 13.6. The van der Waals surface area contributed by atoms with Crippen LogP contribution in [0.5, 0.6) is 0 Å². The van der Waals surface area contributed by atoms with Crippen molar-refractivity contribution in [3.05, 3.63) is 51.2 Å². The predicted octanol–water partition coefficient (Wildman–Crippen LogP) is 5.76. The summed E-state index contributed by atoms with van der Waals surface area (Å²) in [6, 6.07) is 10.1. The van der Waals surface area contributed by atoms with E-state index in [0.717, 1.165) is 35.0 Å². The van der Waals surface area contributed by atoms with Crippen LogP contribution >= 0.6 is 46.0 Å². The van der Waals surface area contributed by atoms with Gasteiger partial charge < -0.3 is 10.2 Å². The van der Waals surface area contributed by atoms with Crippen molar-refractivity contribution in [3.63, 3.8) is 0 Å². The number of carbonyl (C=O) groups is 1. The SMILES string of the molecule is Cc1c(Cl)cccc1Nc1nnc(SCC(=O)N2CCC[C@H]2c2cccs2)s1. The van der Waals surface area contributed by atoms with E-state index < -0.39 is 0 Å². The minimum atomic E-state index is 0.163. The van der Waals surface area contributed by atoms with Crippen molar-refractivity contribution in [2.45, 2.75) is 30.1 Å². The van der Waals surface area contributed by atoms with E-state index in [0.29, 0.717) is 15.9 Å². The minimum absolute atomic E-state index is 0.163. The number of halogens is 1. The molecule has 4 rings (SSSR count). The van der Waals surface area contributed by atoms with Crippen LogP contribution in [-0.2, 0) is 4.79 Å². The maximum atomic E-state index is 12.7. The Morgan fingerprint density at radius 3 is 3.07 bits per heavy atom. The number of hydrogen-bond acceptors (Lipinski definition) is 7. The Hall–Kier alpha value is -1.61. The van der Waals surface area contributed by atoms with Gasteiger partial charge in [0.15, 0.2) is 4.34 Å². The fourth-order valence-corrected chi connectivity index (χ4v) is 5.92. The van der Waals surface area contributed by atoms with Gasteiger partial charge >= 0.3 is 0 Å². The van der Waals surface area contributed by atoms with E-state index in [1.807, 2.05) is 36.1 Å². The molecule has 1 saturated heterocycles. The van der Waals surface area contributed by atoms with Gasteiger partial charge in [0.2, 0.25) is 11.0 Å². The third-order valence-corrected chi connectivity index (χ3v) is 8.02. The Labute approximate surface area is 181 Å². The number of amides is 1. The van der Waals surface area contributed by atoms with Crippen molar-refractivity contribution in [1.82, 2.24) is 15.1 Å². The Morgan fingerprint density at radius 2 is 2.25 bits per heavy atom. The summed E-state index contributed by atoms with van der Waals surface area (Å²) in [5.74, 6) is 0.545. The molecule has 0 spiro atoms. The van der Waals surface area contributed by atoms with Gasteiger partial charge in [-0.15, -0.1) is 21.5 Å². The molecule has 1 atom stereocenters. The predicted molar refractivity (Wildman–Crippen MR) is 118 cm³/mol. The lowest BCUT2D eigenvalue weighted by Crippen LogP contribution is -2.31. The first-order valence-corrected chi connectivity index (χ1v) is 12.0. The number of likely N-dealkylation sites (tertiary alicyclic amines) is 1. The largest absolute Gasteiger partial charge is 0.334 e. The fraction of sp³-hybridized carbons (Fsp3) is 0.316. The van der Waals surface area contributed by atoms with Crippen molar-refractivity contribution in [1.29, 1.82) is 0 Å². The monoisotopic (exact) mass is 450 g/mol. The van der Waals surface area contributed by atoms with Crippen LogP contribution in [0, 0.1) is 6.92 Å². The van der Waals surface area contributed by atoms with Crippen LogP contribution in [-0.4, -0.2) is 33.3 Å². The fourth-order valence-electron chi connectivity index (χ4n) is 3.22. The number of nitrogens with zero attached hydrogens (tertiary/aromatic N) is 3. The summed E-state index contributed by atoms with van der Waals surface area (Å²) in [7, 11) is 0. The van der Waals surface area contributed by atoms with Crippen molar-refractivity contribution in [3.8, 4) is 0 Å². The molecule has 0 aliphatic carbocycles. The number of benzene rings is 1. The highest BCUT2D eigenvalue weighted by molar-refractivity contribution is 8.01. The maximum Gasteiger partial charge on any atom is 0.233 e. The second kappa shape index (κ2) is 8.82. The van der Waals surface area contributed by atoms with Crippen molar-refractivity contribution in [2.24, 2.45) is 0 Å². The normalized spacial score (nSPS) is 16.5. The number of carbonyl (C=O) groups excluding carboxylic acids is 1. The summed E-state index contributed by atoms with van der Waals surface area (Å²) in [5.41, 5.74) is 1.88. The number of thiophene rings is 1. The molecule has 3 heterocycles. The Balaban J connectivity index is 1.35. The van der Waals surface area contributed by atoms with Crippen LogP contribution < -0.4 is 5.32 Å². The molecular weight excluding hydrogens is 432 g/mol. The second-order valence-corrected chi connectivity index (χ2v) is 10.0. The quantitative estimate of drug-likeness (QED) is 0.483. The molecule has 0 unspecified atom stereocenters. The Kier molecular flexibility index (Phi) is 6.20. The van der Waals surface area contributed by atoms with Gasteiger partial charge in [0.1, 0.15) is 0 Å². The number of hydrogen-bond donors (Lipinski definition) is 1. The molecule has 1 amide bonds. The summed E-state index contributed by atoms with van der Waals surface area (Å²) >= 11 is 10.8. The lowest BCUT2D eigenvalue weighted by Gasteiger charge is -2.23. The summed E-state index contributed by atoms with van der Waals surface area (Å²) < 4.78 is 0.780. The van der Waals surface area contributed by atoms with Gasteiger partial charge in [-0.25, -0.2) is 0 Å². The topological polar surface area (TPSA) is 58.1 Å². The Morgan fingerprint density at radius 1 is 1.36 bits per heavy atom. The standard InChI is InChI=1S/C19H19ClN4OS3/c1-12-13(20)5-2-6-14(12)21-18-22-23-19(28-18)27-11-17(25)24-9-3-7-15(24)16-8-4-10-26-16/h2,4-6,8,10,15H,3,7,9,11H2,1H3,(H,21,22)/t15-/m0/s1. The number of thioether (sulfide) groups is 1. The van der Waals surface area contributed by atoms with Crippen LogP contribution in [0.4, 0.5) is 10.8 Å². The molecule has 2 aromatic heterocycles. The van der Waals surface area contributed by atoms with Crippen molar-refractivity contribution in [2.75, 3.05) is 17.6 Å². The third-order valence-electron chi connectivity index (χ3n) is 4.68. The average molecular weight is 451 g/mol. The van der Waals surface area contributed by atoms with Gasteiger partial charge in [0.05, 0.1) is 11.8 Å². The molecular formula is C19H19ClN4OS3. The van der Waals surface area contributed by atoms with Crippen LogP contribution in [0.1, 0.15) is 29.3 Å². The molecule has 1 fully saturated rings. The molecule has 0 radical (unpaired) electrons. The zero-order valence-corrected chi connectivity index (χ0v) is 18.4. The highest BCUT2D eigenvalue weighted by atomic mass is 35.5. The molecule has 3 aromatic rings. The zero-order chi connectivity index (χ0) is 19.5. The smallest absolute Gasteiger partial charge is 0.233 e. The van der Waals surface area contributed by atoms with Gasteiger partial charge in [0, 0.05) is 22.1 Å². The van der Waals surface area contributed by atoms with Crippen LogP contribution in [0.15, 0.2) is 40.1 Å². The first-order valence-electron chi connectivity index (χ1n) is 8.93. The van der Waals surface area contributed by atoms with E-state index in [4.69, 9.17) is 11.6 Å². The Bertz CT molecular complexity index is 960. The molecule has 0 saturated carbocycles. The first kappa shape index (κ1) is 19.7. The van der Waals surface area contributed by atoms with E-state index in [1.165, 1.54) is 28.0 Å². The number of nitrogens with one attached hydrogen (secondary N) is 1. The number of anilines is 2. The summed E-state index contributed by atoms with van der Waals surface area (Å²) in [4.78, 5) is 16.0. The summed E-state index contributed by atoms with van der Waals surface area (Å²) in [6.45, 7) is 2.79. The molecule has 1 aliphatic heterocycles. The lowest BCUT2D eigenvalue weighted by atomic mass is 10.2. The number of rotatable bonds is 6. The highest BCUT2D eigenvalue weighted by Gasteiger charge is 2.30. The zero-order valence-electron chi connectivity index (χ0n) is 15.2. The molecule has 146 valence electrons. The minimum Gasteiger partial charge on any atom is -0.334 e. The van der Waals surface area contributed by atoms with Gasteiger partial charge in [0.25, 0.3) is 0 Å². The number of aromatic nitrogens is 2. The summed E-state index contributed by atoms with van der Waals surface area (Å²) in [6.07, 6.45) is 2.10. The average Bonchev–Trinajstić information content (AvgIpc) is 3.44. The van der Waals surface area contributed by atoms with Crippen molar-refractivity contribution < 1.29 is 4.79 Å². The molecule has 9 heteroatoms. The van der Waals surface area contributed by atoms with Gasteiger partial charge in [-0.2, -0.15) is 0 Å². The van der Waals surface area contributed by atoms with Crippen LogP contribution in [0.25, 0.3) is 0 Å². The van der Waals surface area contributed by atoms with Crippen LogP contribution in [0.2, 0.25) is 5.02 Å². The van der Waals surface area contributed by atoms with E-state index in [9.17, 15) is 4.79 Å². The van der Waals surface area contributed by atoms with E-state index in [2.05, 4.69) is 27.0 Å². The lowest BCUT2D eigenvalue weighted by molar-refractivity contribution is -0.129. The van der Waals surface area contributed by atoms with E-state index >= 15 is 0 Å².